The lowest BCUT2D eigenvalue weighted by Gasteiger charge is -2.38. The first kappa shape index (κ1) is 18.0. The Morgan fingerprint density at radius 3 is 2.81 bits per heavy atom. The lowest BCUT2D eigenvalue weighted by molar-refractivity contribution is -0.144. The molecule has 1 amide bonds. The van der Waals surface area contributed by atoms with Gasteiger partial charge in [0, 0.05) is 13.0 Å². The summed E-state index contributed by atoms with van der Waals surface area (Å²) < 4.78 is 5.93. The van der Waals surface area contributed by atoms with E-state index in [1.165, 1.54) is 11.1 Å². The van der Waals surface area contributed by atoms with Gasteiger partial charge >= 0.3 is 0 Å². The molecule has 118 valence electrons. The number of hydrogen-bond acceptors (Lipinski definition) is 3. The van der Waals surface area contributed by atoms with Crippen LogP contribution in [0.4, 0.5) is 0 Å². The lowest BCUT2D eigenvalue weighted by Crippen LogP contribution is -2.48. The molecule has 1 saturated heterocycles. The maximum absolute atomic E-state index is 12.3. The van der Waals surface area contributed by atoms with E-state index in [-0.39, 0.29) is 30.5 Å². The monoisotopic (exact) mass is 312 g/mol. The first-order valence-electron chi connectivity index (χ1n) is 7.24. The summed E-state index contributed by atoms with van der Waals surface area (Å²) >= 11 is 0. The third-order valence-electron chi connectivity index (χ3n) is 3.88. The van der Waals surface area contributed by atoms with E-state index >= 15 is 0 Å². The van der Waals surface area contributed by atoms with Crippen molar-refractivity contribution in [3.05, 3.63) is 35.4 Å². The number of hydrogen-bond donors (Lipinski definition) is 1. The summed E-state index contributed by atoms with van der Waals surface area (Å²) in [5.41, 5.74) is 2.40. The molecule has 1 heterocycles. The zero-order valence-corrected chi connectivity index (χ0v) is 13.8. The Kier molecular flexibility index (Phi) is 7.15. The van der Waals surface area contributed by atoms with E-state index in [4.69, 9.17) is 4.74 Å². The Hall–Kier alpha value is -1.10. The topological polar surface area (TPSA) is 41.6 Å². The van der Waals surface area contributed by atoms with Crippen LogP contribution in [0.3, 0.4) is 0 Å². The zero-order chi connectivity index (χ0) is 14.5. The molecule has 5 heteroatoms. The molecular formula is C16H25ClN2O2. The fraction of sp³-hybridized carbons (Fsp3) is 0.562. The molecule has 0 spiro atoms. The normalized spacial score (nSPS) is 21.8. The molecule has 1 aromatic rings. The minimum Gasteiger partial charge on any atom is -0.370 e. The molecule has 0 bridgehead atoms. The van der Waals surface area contributed by atoms with Gasteiger partial charge in [-0.15, -0.1) is 12.4 Å². The van der Waals surface area contributed by atoms with Crippen LogP contribution in [0.5, 0.6) is 0 Å². The van der Waals surface area contributed by atoms with Gasteiger partial charge in [0.2, 0.25) is 5.91 Å². The van der Waals surface area contributed by atoms with E-state index in [2.05, 4.69) is 24.4 Å². The molecule has 1 fully saturated rings. The number of ether oxygens (including phenoxy) is 1. The van der Waals surface area contributed by atoms with Gasteiger partial charge in [-0.2, -0.15) is 0 Å². The van der Waals surface area contributed by atoms with Gasteiger partial charge in [0.15, 0.2) is 0 Å². The van der Waals surface area contributed by atoms with Crippen LogP contribution in [0.1, 0.15) is 30.6 Å². The number of aryl methyl sites for hydroxylation is 1. The molecule has 1 aliphatic rings. The van der Waals surface area contributed by atoms with E-state index < -0.39 is 0 Å². The van der Waals surface area contributed by atoms with E-state index in [0.717, 1.165) is 6.54 Å². The first-order valence-corrected chi connectivity index (χ1v) is 7.24. The number of nitrogens with one attached hydrogen (secondary N) is 1. The van der Waals surface area contributed by atoms with Gasteiger partial charge < -0.3 is 15.0 Å². The molecule has 0 aliphatic carbocycles. The predicted octanol–water partition coefficient (Wildman–Crippen LogP) is 2.31. The van der Waals surface area contributed by atoms with Gasteiger partial charge in [0.1, 0.15) is 6.10 Å². The quantitative estimate of drug-likeness (QED) is 0.927. The third-order valence-corrected chi connectivity index (χ3v) is 3.88. The molecule has 4 nitrogen and oxygen atoms in total. The maximum atomic E-state index is 12.3. The van der Waals surface area contributed by atoms with Crippen LogP contribution in [0.2, 0.25) is 0 Å². The number of nitrogens with zero attached hydrogens (tertiary/aromatic N) is 1. The van der Waals surface area contributed by atoms with E-state index in [1.54, 1.807) is 0 Å². The largest absolute Gasteiger partial charge is 0.370 e. The van der Waals surface area contributed by atoms with E-state index in [1.807, 2.05) is 31.0 Å². The summed E-state index contributed by atoms with van der Waals surface area (Å²) in [4.78, 5) is 14.2. The highest BCUT2D eigenvalue weighted by Gasteiger charge is 2.30. The molecule has 1 aliphatic heterocycles. The van der Waals surface area contributed by atoms with Crippen molar-refractivity contribution in [2.75, 3.05) is 26.7 Å². The van der Waals surface area contributed by atoms with Gasteiger partial charge in [-0.05, 0) is 32.0 Å². The molecule has 0 aromatic heterocycles. The summed E-state index contributed by atoms with van der Waals surface area (Å²) in [6.45, 7) is 6.10. The summed E-state index contributed by atoms with van der Waals surface area (Å²) in [5, 5.41) is 3.03. The van der Waals surface area contributed by atoms with Crippen molar-refractivity contribution in [3.63, 3.8) is 0 Å². The second-order valence-electron chi connectivity index (χ2n) is 5.43. The minimum atomic E-state index is -0.00839. The average molecular weight is 313 g/mol. The zero-order valence-electron chi connectivity index (χ0n) is 13.0. The molecule has 2 rings (SSSR count). The first-order chi connectivity index (χ1) is 9.63. The molecule has 1 N–H and O–H groups in total. The van der Waals surface area contributed by atoms with Crippen molar-refractivity contribution in [2.24, 2.45) is 0 Å². The number of halogens is 1. The highest BCUT2D eigenvalue weighted by molar-refractivity contribution is 5.85. The minimum absolute atomic E-state index is 0. The van der Waals surface area contributed by atoms with Crippen LogP contribution in [0.25, 0.3) is 0 Å². The average Bonchev–Trinajstić information content (AvgIpc) is 2.46. The van der Waals surface area contributed by atoms with Crippen molar-refractivity contribution < 1.29 is 9.53 Å². The molecule has 0 saturated carbocycles. The second-order valence-corrected chi connectivity index (χ2v) is 5.43. The standard InChI is InChI=1S/C16H24N2O2.ClH/c1-12-6-4-5-7-14(12)15-10-18(13(2)11-20-15)16(19)8-9-17-3;/h4-7,13,15,17H,8-11H2,1-3H3;1H. The van der Waals surface area contributed by atoms with Crippen molar-refractivity contribution in [2.45, 2.75) is 32.4 Å². The lowest BCUT2D eigenvalue weighted by atomic mass is 10.0. The fourth-order valence-corrected chi connectivity index (χ4v) is 2.62. The van der Waals surface area contributed by atoms with Gasteiger partial charge in [0.05, 0.1) is 19.2 Å². The highest BCUT2D eigenvalue weighted by Crippen LogP contribution is 2.27. The van der Waals surface area contributed by atoms with Crippen molar-refractivity contribution in [1.29, 1.82) is 0 Å². The summed E-state index contributed by atoms with van der Waals surface area (Å²) in [5.74, 6) is 0.203. The molecule has 2 atom stereocenters. The van der Waals surface area contributed by atoms with Gasteiger partial charge in [-0.25, -0.2) is 0 Å². The molecular weight excluding hydrogens is 288 g/mol. The van der Waals surface area contributed by atoms with Crippen molar-refractivity contribution in [1.82, 2.24) is 10.2 Å². The van der Waals surface area contributed by atoms with Gasteiger partial charge in [0.25, 0.3) is 0 Å². The van der Waals surface area contributed by atoms with Crippen molar-refractivity contribution >= 4 is 18.3 Å². The predicted molar refractivity (Wildman–Crippen MR) is 86.8 cm³/mol. The number of carbonyl (C=O) groups excluding carboxylic acids is 1. The molecule has 0 radical (unpaired) electrons. The second kappa shape index (κ2) is 8.37. The van der Waals surface area contributed by atoms with Crippen LogP contribution in [0.15, 0.2) is 24.3 Å². The number of rotatable bonds is 4. The number of carbonyl (C=O) groups is 1. The fourth-order valence-electron chi connectivity index (χ4n) is 2.62. The van der Waals surface area contributed by atoms with E-state index in [9.17, 15) is 4.79 Å². The van der Waals surface area contributed by atoms with Crippen LogP contribution < -0.4 is 5.32 Å². The summed E-state index contributed by atoms with van der Waals surface area (Å²) in [6.07, 6.45) is 0.535. The van der Waals surface area contributed by atoms with Crippen LogP contribution in [0, 0.1) is 6.92 Å². The van der Waals surface area contributed by atoms with Gasteiger partial charge in [-0.3, -0.25) is 4.79 Å². The Bertz CT molecular complexity index is 467. The Morgan fingerprint density at radius 2 is 2.14 bits per heavy atom. The summed E-state index contributed by atoms with van der Waals surface area (Å²) in [7, 11) is 1.87. The number of morpholine rings is 1. The van der Waals surface area contributed by atoms with Crippen LogP contribution in [-0.4, -0.2) is 43.6 Å². The Balaban J connectivity index is 0.00000220. The number of benzene rings is 1. The Labute approximate surface area is 133 Å². The molecule has 21 heavy (non-hydrogen) atoms. The maximum Gasteiger partial charge on any atom is 0.224 e. The molecule has 2 unspecified atom stereocenters. The summed E-state index contributed by atoms with van der Waals surface area (Å²) in [6, 6.07) is 8.38. The van der Waals surface area contributed by atoms with Crippen LogP contribution in [-0.2, 0) is 9.53 Å². The van der Waals surface area contributed by atoms with Crippen molar-refractivity contribution in [3.8, 4) is 0 Å². The highest BCUT2D eigenvalue weighted by atomic mass is 35.5. The number of amides is 1. The third kappa shape index (κ3) is 4.43. The smallest absolute Gasteiger partial charge is 0.224 e. The molecule has 1 aromatic carbocycles. The van der Waals surface area contributed by atoms with Crippen LogP contribution >= 0.6 is 12.4 Å². The van der Waals surface area contributed by atoms with Gasteiger partial charge in [-0.1, -0.05) is 24.3 Å². The SMILES string of the molecule is CNCCC(=O)N1CC(c2ccccc2C)OCC1C.Cl. The van der Waals surface area contributed by atoms with E-state index in [0.29, 0.717) is 19.6 Å². The Morgan fingerprint density at radius 1 is 1.43 bits per heavy atom.